The minimum atomic E-state index is -1.10. The Morgan fingerprint density at radius 2 is 1.72 bits per heavy atom. The third-order valence-corrected chi connectivity index (χ3v) is 2.60. The van der Waals surface area contributed by atoms with E-state index in [1.165, 1.54) is 0 Å². The summed E-state index contributed by atoms with van der Waals surface area (Å²) >= 11 is 0. The summed E-state index contributed by atoms with van der Waals surface area (Å²) in [6.07, 6.45) is 2.24. The molecule has 0 radical (unpaired) electrons. The summed E-state index contributed by atoms with van der Waals surface area (Å²) in [6.45, 7) is 1.37. The molecule has 0 aromatic rings. The summed E-state index contributed by atoms with van der Waals surface area (Å²) in [6, 6.07) is 0. The largest absolute Gasteiger partial charge is 0.478 e. The molecule has 0 amide bonds. The van der Waals surface area contributed by atoms with Crippen LogP contribution in [0.3, 0.4) is 0 Å². The monoisotopic (exact) mass is 256 g/mol. The van der Waals surface area contributed by atoms with Crippen LogP contribution in [0.4, 0.5) is 0 Å². The summed E-state index contributed by atoms with van der Waals surface area (Å²) in [4.78, 5) is 33.6. The molecule has 0 heterocycles. The van der Waals surface area contributed by atoms with Crippen LogP contribution >= 0.6 is 0 Å². The molecule has 1 N–H and O–H groups in total. The molecule has 0 saturated heterocycles. The van der Waals surface area contributed by atoms with Crippen molar-refractivity contribution in [3.63, 3.8) is 0 Å². The zero-order valence-electron chi connectivity index (χ0n) is 10.2. The number of hydrogen-bond donors (Lipinski definition) is 1. The van der Waals surface area contributed by atoms with Crippen LogP contribution in [-0.2, 0) is 23.9 Å². The fourth-order valence-corrected chi connectivity index (χ4v) is 1.78. The van der Waals surface area contributed by atoms with Crippen LogP contribution < -0.4 is 0 Å². The van der Waals surface area contributed by atoms with Gasteiger partial charge in [0.05, 0.1) is 6.61 Å². The van der Waals surface area contributed by atoms with Gasteiger partial charge in [0, 0.05) is 11.1 Å². The average molecular weight is 256 g/mol. The van der Waals surface area contributed by atoms with Crippen molar-refractivity contribution in [2.75, 3.05) is 13.2 Å². The number of hydrogen-bond acceptors (Lipinski definition) is 5. The Balaban J connectivity index is 2.64. The first-order valence-corrected chi connectivity index (χ1v) is 5.84. The molecule has 0 aromatic heterocycles. The van der Waals surface area contributed by atoms with E-state index in [-0.39, 0.29) is 17.8 Å². The molecule has 6 heteroatoms. The van der Waals surface area contributed by atoms with E-state index in [0.29, 0.717) is 12.8 Å². The highest BCUT2D eigenvalue weighted by Gasteiger charge is 2.25. The van der Waals surface area contributed by atoms with E-state index in [1.54, 1.807) is 6.92 Å². The van der Waals surface area contributed by atoms with Gasteiger partial charge in [0.2, 0.25) is 0 Å². The van der Waals surface area contributed by atoms with Gasteiger partial charge in [-0.25, -0.2) is 14.4 Å². The van der Waals surface area contributed by atoms with Gasteiger partial charge in [0.15, 0.2) is 6.61 Å². The standard InChI is InChI=1S/C12H16O6/c1-2-17-10(13)7-18-12(16)9-6-4-3-5-8(9)11(14)15/h2-7H2,1H3,(H,14,15). The van der Waals surface area contributed by atoms with Crippen LogP contribution in [0.1, 0.15) is 32.6 Å². The zero-order valence-corrected chi connectivity index (χ0v) is 10.2. The minimum absolute atomic E-state index is 0.0927. The summed E-state index contributed by atoms with van der Waals surface area (Å²) < 4.78 is 9.35. The number of esters is 2. The number of ether oxygens (including phenoxy) is 2. The van der Waals surface area contributed by atoms with Gasteiger partial charge in [-0.3, -0.25) is 0 Å². The van der Waals surface area contributed by atoms with Gasteiger partial charge >= 0.3 is 17.9 Å². The Labute approximate surface area is 105 Å². The second kappa shape index (κ2) is 6.78. The van der Waals surface area contributed by atoms with E-state index in [4.69, 9.17) is 9.84 Å². The van der Waals surface area contributed by atoms with E-state index in [2.05, 4.69) is 4.74 Å². The van der Waals surface area contributed by atoms with Gasteiger partial charge < -0.3 is 14.6 Å². The molecule has 0 saturated carbocycles. The van der Waals surface area contributed by atoms with Crippen molar-refractivity contribution in [2.45, 2.75) is 32.6 Å². The van der Waals surface area contributed by atoms with Crippen LogP contribution in [-0.4, -0.2) is 36.2 Å². The van der Waals surface area contributed by atoms with Crippen molar-refractivity contribution < 1.29 is 29.0 Å². The van der Waals surface area contributed by atoms with Crippen molar-refractivity contribution >= 4 is 17.9 Å². The average Bonchev–Trinajstić information content (AvgIpc) is 2.36. The summed E-state index contributed by atoms with van der Waals surface area (Å²) in [7, 11) is 0. The highest BCUT2D eigenvalue weighted by Crippen LogP contribution is 2.25. The molecule has 1 aliphatic carbocycles. The number of aliphatic carboxylic acids is 1. The molecular weight excluding hydrogens is 240 g/mol. The van der Waals surface area contributed by atoms with Crippen LogP contribution in [0.15, 0.2) is 11.1 Å². The first kappa shape index (κ1) is 14.2. The summed E-state index contributed by atoms with van der Waals surface area (Å²) in [5, 5.41) is 8.96. The number of carbonyl (C=O) groups excluding carboxylic acids is 2. The number of carbonyl (C=O) groups is 3. The summed E-state index contributed by atoms with van der Waals surface area (Å²) in [5.41, 5.74) is 0.258. The SMILES string of the molecule is CCOC(=O)COC(=O)C1=C(C(=O)O)CCCC1. The second-order valence-electron chi connectivity index (χ2n) is 3.85. The molecule has 1 rings (SSSR count). The molecule has 1 aliphatic rings. The smallest absolute Gasteiger partial charge is 0.344 e. The van der Waals surface area contributed by atoms with Gasteiger partial charge in [0.25, 0.3) is 0 Å². The molecule has 100 valence electrons. The van der Waals surface area contributed by atoms with Crippen LogP contribution in [0.5, 0.6) is 0 Å². The highest BCUT2D eigenvalue weighted by molar-refractivity contribution is 6.00. The van der Waals surface area contributed by atoms with E-state index < -0.39 is 24.5 Å². The fourth-order valence-electron chi connectivity index (χ4n) is 1.78. The lowest BCUT2D eigenvalue weighted by Crippen LogP contribution is -2.21. The maximum Gasteiger partial charge on any atom is 0.344 e. The van der Waals surface area contributed by atoms with Gasteiger partial charge in [0.1, 0.15) is 0 Å². The highest BCUT2D eigenvalue weighted by atomic mass is 16.6. The van der Waals surface area contributed by atoms with Crippen molar-refractivity contribution in [2.24, 2.45) is 0 Å². The number of carboxylic acids is 1. The summed E-state index contributed by atoms with van der Waals surface area (Å²) in [5.74, 6) is -2.47. The topological polar surface area (TPSA) is 89.9 Å². The van der Waals surface area contributed by atoms with Gasteiger partial charge in [-0.2, -0.15) is 0 Å². The van der Waals surface area contributed by atoms with E-state index in [9.17, 15) is 14.4 Å². The predicted octanol–water partition coefficient (Wildman–Crippen LogP) is 1.05. The molecule has 0 bridgehead atoms. The number of rotatable bonds is 5. The lowest BCUT2D eigenvalue weighted by Gasteiger charge is -2.16. The maximum atomic E-state index is 11.7. The Bertz CT molecular complexity index is 382. The van der Waals surface area contributed by atoms with Gasteiger partial charge in [-0.1, -0.05) is 0 Å². The quantitative estimate of drug-likeness (QED) is 0.739. The van der Waals surface area contributed by atoms with Crippen molar-refractivity contribution in [3.8, 4) is 0 Å². The molecule has 0 unspecified atom stereocenters. The van der Waals surface area contributed by atoms with Gasteiger partial charge in [-0.15, -0.1) is 0 Å². The van der Waals surface area contributed by atoms with Crippen LogP contribution in [0.2, 0.25) is 0 Å². The molecular formula is C12H16O6. The fraction of sp³-hybridized carbons (Fsp3) is 0.583. The molecule has 18 heavy (non-hydrogen) atoms. The normalized spacial score (nSPS) is 15.2. The third kappa shape index (κ3) is 3.87. The molecule has 6 nitrogen and oxygen atoms in total. The molecule has 0 aliphatic heterocycles. The lowest BCUT2D eigenvalue weighted by atomic mass is 9.92. The maximum absolute atomic E-state index is 11.7. The van der Waals surface area contributed by atoms with E-state index >= 15 is 0 Å². The van der Waals surface area contributed by atoms with Gasteiger partial charge in [-0.05, 0) is 32.6 Å². The first-order chi connectivity index (χ1) is 8.56. The van der Waals surface area contributed by atoms with Crippen molar-refractivity contribution in [3.05, 3.63) is 11.1 Å². The molecule has 0 aromatic carbocycles. The van der Waals surface area contributed by atoms with Crippen molar-refractivity contribution in [1.82, 2.24) is 0 Å². The lowest BCUT2D eigenvalue weighted by molar-refractivity contribution is -0.156. The Morgan fingerprint density at radius 1 is 1.11 bits per heavy atom. The molecule has 0 spiro atoms. The zero-order chi connectivity index (χ0) is 13.5. The molecule has 0 atom stereocenters. The molecule has 0 fully saturated rings. The second-order valence-corrected chi connectivity index (χ2v) is 3.85. The predicted molar refractivity (Wildman–Crippen MR) is 60.7 cm³/mol. The third-order valence-electron chi connectivity index (χ3n) is 2.60. The van der Waals surface area contributed by atoms with E-state index in [0.717, 1.165) is 12.8 Å². The number of carboxylic acid groups (broad SMARTS) is 1. The Morgan fingerprint density at radius 3 is 2.28 bits per heavy atom. The van der Waals surface area contributed by atoms with Crippen LogP contribution in [0.25, 0.3) is 0 Å². The Hall–Kier alpha value is -1.85. The van der Waals surface area contributed by atoms with Crippen LogP contribution in [0, 0.1) is 0 Å². The van der Waals surface area contributed by atoms with E-state index in [1.807, 2.05) is 0 Å². The Kier molecular flexibility index (Phi) is 5.35. The first-order valence-electron chi connectivity index (χ1n) is 5.84. The minimum Gasteiger partial charge on any atom is -0.478 e. The van der Waals surface area contributed by atoms with Crippen molar-refractivity contribution in [1.29, 1.82) is 0 Å².